The third kappa shape index (κ3) is 1.91. The van der Waals surface area contributed by atoms with Crippen LogP contribution >= 0.6 is 0 Å². The molecule has 1 nitrogen and oxygen atoms in total. The third-order valence-corrected chi connectivity index (χ3v) is 5.21. The smallest absolute Gasteiger partial charge is 0.141 e. The van der Waals surface area contributed by atoms with E-state index in [2.05, 4.69) is 77.9 Å². The molecule has 2 aromatic rings. The normalized spacial score (nSPS) is 22.8. The predicted molar refractivity (Wildman–Crippen MR) is 88.1 cm³/mol. The number of fused-ring (bicyclic) bond motifs is 1. The van der Waals surface area contributed by atoms with Crippen molar-refractivity contribution < 1.29 is 4.74 Å². The summed E-state index contributed by atoms with van der Waals surface area (Å²) in [7, 11) is 0. The average molecular weight is 280 g/mol. The van der Waals surface area contributed by atoms with Gasteiger partial charge in [0, 0.05) is 11.0 Å². The van der Waals surface area contributed by atoms with Crippen molar-refractivity contribution in [1.82, 2.24) is 0 Å². The van der Waals surface area contributed by atoms with E-state index >= 15 is 0 Å². The zero-order chi connectivity index (χ0) is 15.4. The van der Waals surface area contributed by atoms with E-state index in [-0.39, 0.29) is 11.0 Å². The Bertz CT molecular complexity index is 712. The first kappa shape index (κ1) is 14.2. The van der Waals surface area contributed by atoms with E-state index in [1.165, 1.54) is 27.8 Å². The first-order valence-electron chi connectivity index (χ1n) is 7.63. The molecule has 110 valence electrons. The molecule has 0 saturated carbocycles. The van der Waals surface area contributed by atoms with E-state index in [9.17, 15) is 0 Å². The number of ether oxygens (including phenoxy) is 1. The summed E-state index contributed by atoms with van der Waals surface area (Å²) in [6.07, 6.45) is 0. The highest BCUT2D eigenvalue weighted by Crippen LogP contribution is 2.54. The lowest BCUT2D eigenvalue weighted by molar-refractivity contribution is 0.0472. The molecule has 0 amide bonds. The van der Waals surface area contributed by atoms with Gasteiger partial charge in [-0.25, -0.2) is 0 Å². The summed E-state index contributed by atoms with van der Waals surface area (Å²) < 4.78 is 6.50. The second-order valence-electron chi connectivity index (χ2n) is 7.08. The van der Waals surface area contributed by atoms with Gasteiger partial charge in [0.1, 0.15) is 11.4 Å². The van der Waals surface area contributed by atoms with Gasteiger partial charge >= 0.3 is 0 Å². The van der Waals surface area contributed by atoms with Crippen molar-refractivity contribution >= 4 is 0 Å². The summed E-state index contributed by atoms with van der Waals surface area (Å²) >= 11 is 0. The molecule has 1 atom stereocenters. The van der Waals surface area contributed by atoms with Gasteiger partial charge < -0.3 is 4.74 Å². The second-order valence-corrected chi connectivity index (χ2v) is 7.08. The van der Waals surface area contributed by atoms with Crippen molar-refractivity contribution in [3.8, 4) is 5.75 Å². The minimum atomic E-state index is -0.332. The van der Waals surface area contributed by atoms with Crippen LogP contribution in [-0.4, -0.2) is 0 Å². The van der Waals surface area contributed by atoms with Crippen molar-refractivity contribution in [2.75, 3.05) is 0 Å². The van der Waals surface area contributed by atoms with Crippen LogP contribution in [0.5, 0.6) is 5.75 Å². The van der Waals surface area contributed by atoms with E-state index in [4.69, 9.17) is 4.74 Å². The first-order chi connectivity index (χ1) is 9.75. The molecule has 2 aromatic carbocycles. The maximum Gasteiger partial charge on any atom is 0.141 e. The predicted octanol–water partition coefficient (Wildman–Crippen LogP) is 5.20. The Labute approximate surface area is 128 Å². The van der Waals surface area contributed by atoms with Crippen LogP contribution in [0.4, 0.5) is 0 Å². The van der Waals surface area contributed by atoms with Crippen LogP contribution in [0.1, 0.15) is 48.6 Å². The topological polar surface area (TPSA) is 9.23 Å². The van der Waals surface area contributed by atoms with E-state index in [0.29, 0.717) is 0 Å². The molecule has 1 aliphatic rings. The van der Waals surface area contributed by atoms with Crippen molar-refractivity contribution in [2.45, 2.75) is 52.6 Å². The molecule has 3 rings (SSSR count). The molecule has 1 unspecified atom stereocenters. The highest BCUT2D eigenvalue weighted by Gasteiger charge is 2.52. The monoisotopic (exact) mass is 280 g/mol. The molecule has 0 N–H and O–H groups in total. The lowest BCUT2D eigenvalue weighted by Gasteiger charge is -2.38. The van der Waals surface area contributed by atoms with Crippen LogP contribution in [-0.2, 0) is 11.0 Å². The van der Waals surface area contributed by atoms with E-state index in [1.807, 2.05) is 0 Å². The van der Waals surface area contributed by atoms with Gasteiger partial charge in [-0.15, -0.1) is 0 Å². The van der Waals surface area contributed by atoms with E-state index in [0.717, 1.165) is 5.75 Å². The zero-order valence-corrected chi connectivity index (χ0v) is 13.9. The van der Waals surface area contributed by atoms with Gasteiger partial charge in [0.2, 0.25) is 0 Å². The molecule has 0 spiro atoms. The van der Waals surface area contributed by atoms with Crippen LogP contribution < -0.4 is 4.74 Å². The molecule has 21 heavy (non-hydrogen) atoms. The van der Waals surface area contributed by atoms with Gasteiger partial charge in [0.25, 0.3) is 0 Å². The molecule has 0 saturated heterocycles. The molecule has 1 heteroatoms. The van der Waals surface area contributed by atoms with E-state index in [1.54, 1.807) is 0 Å². The SMILES string of the molecule is Cc1ccc(C2(C)Oc3cc(C)ccc3C2(C)C)c(C)c1. The van der Waals surface area contributed by atoms with Gasteiger partial charge in [-0.05, 0) is 50.5 Å². The fourth-order valence-corrected chi connectivity index (χ4v) is 3.58. The maximum atomic E-state index is 6.50. The quantitative estimate of drug-likeness (QED) is 0.698. The number of benzene rings is 2. The summed E-state index contributed by atoms with van der Waals surface area (Å²) in [6, 6.07) is 13.2. The van der Waals surface area contributed by atoms with Gasteiger partial charge in [-0.3, -0.25) is 0 Å². The minimum absolute atomic E-state index is 0.0595. The van der Waals surface area contributed by atoms with Crippen molar-refractivity contribution in [3.05, 3.63) is 64.2 Å². The van der Waals surface area contributed by atoms with Crippen molar-refractivity contribution in [1.29, 1.82) is 0 Å². The lowest BCUT2D eigenvalue weighted by Crippen LogP contribution is -2.42. The fourth-order valence-electron chi connectivity index (χ4n) is 3.58. The number of hydrogen-bond acceptors (Lipinski definition) is 1. The van der Waals surface area contributed by atoms with E-state index < -0.39 is 0 Å². The number of rotatable bonds is 1. The Balaban J connectivity index is 2.19. The minimum Gasteiger partial charge on any atom is -0.482 e. The second kappa shape index (κ2) is 4.37. The summed E-state index contributed by atoms with van der Waals surface area (Å²) in [5, 5.41) is 0. The van der Waals surface area contributed by atoms with Crippen molar-refractivity contribution in [2.24, 2.45) is 0 Å². The summed E-state index contributed by atoms with van der Waals surface area (Å²) in [5.41, 5.74) is 6.04. The summed E-state index contributed by atoms with van der Waals surface area (Å²) in [5.74, 6) is 1.03. The van der Waals surface area contributed by atoms with Gasteiger partial charge in [-0.1, -0.05) is 49.7 Å². The van der Waals surface area contributed by atoms with Crippen LogP contribution in [0.15, 0.2) is 36.4 Å². The fraction of sp³-hybridized carbons (Fsp3) is 0.400. The summed E-state index contributed by atoms with van der Waals surface area (Å²) in [4.78, 5) is 0. The largest absolute Gasteiger partial charge is 0.482 e. The van der Waals surface area contributed by atoms with Crippen LogP contribution in [0.2, 0.25) is 0 Å². The van der Waals surface area contributed by atoms with Gasteiger partial charge in [0.05, 0.1) is 0 Å². The number of hydrogen-bond donors (Lipinski definition) is 0. The van der Waals surface area contributed by atoms with Crippen LogP contribution in [0.3, 0.4) is 0 Å². The first-order valence-corrected chi connectivity index (χ1v) is 7.63. The Hall–Kier alpha value is -1.76. The third-order valence-electron chi connectivity index (χ3n) is 5.21. The Morgan fingerprint density at radius 2 is 1.33 bits per heavy atom. The molecule has 0 fully saturated rings. The molecule has 0 aromatic heterocycles. The molecule has 0 radical (unpaired) electrons. The maximum absolute atomic E-state index is 6.50. The molecule has 0 aliphatic carbocycles. The highest BCUT2D eigenvalue weighted by atomic mass is 16.5. The lowest BCUT2D eigenvalue weighted by atomic mass is 9.68. The van der Waals surface area contributed by atoms with Gasteiger partial charge in [-0.2, -0.15) is 0 Å². The zero-order valence-electron chi connectivity index (χ0n) is 13.9. The van der Waals surface area contributed by atoms with Crippen LogP contribution in [0.25, 0.3) is 0 Å². The Morgan fingerprint density at radius 1 is 0.762 bits per heavy atom. The van der Waals surface area contributed by atoms with Gasteiger partial charge in [0.15, 0.2) is 0 Å². The summed E-state index contributed by atoms with van der Waals surface area (Å²) in [6.45, 7) is 13.2. The van der Waals surface area contributed by atoms with Crippen molar-refractivity contribution in [3.63, 3.8) is 0 Å². The molecular formula is C20H24O. The highest BCUT2D eigenvalue weighted by molar-refractivity contribution is 5.52. The standard InChI is InChI=1S/C20H24O/c1-13-7-9-16(15(3)11-13)20(6)19(4,5)17-10-8-14(2)12-18(17)21-20/h7-12H,1-6H3. The Kier molecular flexibility index (Phi) is 2.95. The van der Waals surface area contributed by atoms with Crippen LogP contribution in [0, 0.1) is 20.8 Å². The number of aryl methyl sites for hydroxylation is 3. The molecular weight excluding hydrogens is 256 g/mol. The molecule has 1 aliphatic heterocycles. The Morgan fingerprint density at radius 3 is 1.95 bits per heavy atom. The molecule has 1 heterocycles. The molecule has 0 bridgehead atoms. The average Bonchev–Trinajstić information content (AvgIpc) is 2.56.